The molecule has 0 saturated carbocycles. The molecule has 1 aromatic rings. The molecule has 0 bridgehead atoms. The number of rotatable bonds is 2. The van der Waals surface area contributed by atoms with E-state index in [4.69, 9.17) is 10.5 Å². The number of nitrogens with zero attached hydrogens (tertiary/aromatic N) is 2. The Morgan fingerprint density at radius 3 is 3.13 bits per heavy atom. The quantitative estimate of drug-likeness (QED) is 0.780. The first-order chi connectivity index (χ1) is 7.16. The highest BCUT2D eigenvalue weighted by atomic mass is 16.5. The molecule has 15 heavy (non-hydrogen) atoms. The Morgan fingerprint density at radius 2 is 2.53 bits per heavy atom. The topological polar surface area (TPSA) is 70.1 Å². The van der Waals surface area contributed by atoms with Gasteiger partial charge in [0.1, 0.15) is 0 Å². The van der Waals surface area contributed by atoms with Crippen molar-refractivity contribution >= 4 is 5.91 Å². The molecule has 0 aliphatic carbocycles. The number of aromatic nitrogens is 2. The van der Waals surface area contributed by atoms with Gasteiger partial charge in [-0.15, -0.1) is 0 Å². The van der Waals surface area contributed by atoms with Gasteiger partial charge in [-0.05, 0) is 19.8 Å². The summed E-state index contributed by atoms with van der Waals surface area (Å²) in [5, 5.41) is 4.16. The van der Waals surface area contributed by atoms with Gasteiger partial charge >= 0.3 is 0 Å². The van der Waals surface area contributed by atoms with E-state index in [1.165, 1.54) is 6.20 Å². The summed E-state index contributed by atoms with van der Waals surface area (Å²) in [6.45, 7) is 2.79. The molecule has 1 aliphatic rings. The number of amides is 1. The summed E-state index contributed by atoms with van der Waals surface area (Å²) in [6, 6.07) is 0.321. The molecule has 0 spiro atoms. The monoisotopic (exact) mass is 209 g/mol. The average molecular weight is 209 g/mol. The molecule has 1 amide bonds. The Hall–Kier alpha value is -1.36. The van der Waals surface area contributed by atoms with Crippen LogP contribution in [0.2, 0.25) is 0 Å². The Labute approximate surface area is 88.2 Å². The average Bonchev–Trinajstić information content (AvgIpc) is 2.66. The predicted molar refractivity (Wildman–Crippen MR) is 54.4 cm³/mol. The second kappa shape index (κ2) is 4.02. The second-order valence-electron chi connectivity index (χ2n) is 3.93. The summed E-state index contributed by atoms with van der Waals surface area (Å²) in [4.78, 5) is 10.9. The van der Waals surface area contributed by atoms with Crippen LogP contribution in [0.4, 0.5) is 0 Å². The minimum atomic E-state index is -0.429. The van der Waals surface area contributed by atoms with Gasteiger partial charge in [0.25, 0.3) is 5.91 Å². The predicted octanol–water partition coefficient (Wildman–Crippen LogP) is 0.722. The van der Waals surface area contributed by atoms with Crippen LogP contribution >= 0.6 is 0 Å². The standard InChI is InChI=1S/C10H15N3O2/c1-7-4-9(2-3-15-7)13-6-8(5-12-13)10(11)14/h5-7,9H,2-4H2,1H3,(H2,11,14). The smallest absolute Gasteiger partial charge is 0.251 e. The van der Waals surface area contributed by atoms with Gasteiger partial charge in [-0.2, -0.15) is 5.10 Å². The van der Waals surface area contributed by atoms with Crippen LogP contribution < -0.4 is 5.73 Å². The largest absolute Gasteiger partial charge is 0.378 e. The maximum absolute atomic E-state index is 10.9. The lowest BCUT2D eigenvalue weighted by Crippen LogP contribution is -2.25. The van der Waals surface area contributed by atoms with Gasteiger partial charge in [-0.25, -0.2) is 0 Å². The third kappa shape index (κ3) is 2.18. The lowest BCUT2D eigenvalue weighted by Gasteiger charge is -2.27. The number of hydrogen-bond acceptors (Lipinski definition) is 3. The van der Waals surface area contributed by atoms with E-state index in [9.17, 15) is 4.79 Å². The molecule has 1 saturated heterocycles. The lowest BCUT2D eigenvalue weighted by atomic mass is 10.0. The molecule has 2 N–H and O–H groups in total. The van der Waals surface area contributed by atoms with Crippen molar-refractivity contribution in [3.8, 4) is 0 Å². The van der Waals surface area contributed by atoms with Crippen molar-refractivity contribution in [1.82, 2.24) is 9.78 Å². The fourth-order valence-electron chi connectivity index (χ4n) is 1.88. The molecule has 2 rings (SSSR count). The molecule has 2 unspecified atom stereocenters. The Kier molecular flexibility index (Phi) is 2.73. The van der Waals surface area contributed by atoms with Gasteiger partial charge in [-0.3, -0.25) is 9.48 Å². The van der Waals surface area contributed by atoms with Crippen molar-refractivity contribution in [2.75, 3.05) is 6.61 Å². The van der Waals surface area contributed by atoms with E-state index in [2.05, 4.69) is 5.10 Å². The molecule has 2 atom stereocenters. The van der Waals surface area contributed by atoms with E-state index >= 15 is 0 Å². The number of primary amides is 1. The van der Waals surface area contributed by atoms with Gasteiger partial charge in [0, 0.05) is 12.8 Å². The van der Waals surface area contributed by atoms with E-state index in [0.29, 0.717) is 11.6 Å². The van der Waals surface area contributed by atoms with Crippen LogP contribution in [0, 0.1) is 0 Å². The van der Waals surface area contributed by atoms with Crippen molar-refractivity contribution in [3.05, 3.63) is 18.0 Å². The van der Waals surface area contributed by atoms with Crippen LogP contribution in [0.5, 0.6) is 0 Å². The molecular formula is C10H15N3O2. The highest BCUT2D eigenvalue weighted by molar-refractivity contribution is 5.92. The first-order valence-corrected chi connectivity index (χ1v) is 5.12. The Bertz CT molecular complexity index is 361. The van der Waals surface area contributed by atoms with E-state index < -0.39 is 5.91 Å². The zero-order valence-corrected chi connectivity index (χ0v) is 8.72. The van der Waals surface area contributed by atoms with E-state index in [1.807, 2.05) is 11.6 Å². The summed E-state index contributed by atoms with van der Waals surface area (Å²) in [7, 11) is 0. The van der Waals surface area contributed by atoms with Gasteiger partial charge in [-0.1, -0.05) is 0 Å². The number of nitrogens with two attached hydrogens (primary N) is 1. The van der Waals surface area contributed by atoms with E-state index in [-0.39, 0.29) is 6.10 Å². The molecule has 0 aromatic carbocycles. The first kappa shape index (κ1) is 10.2. The maximum atomic E-state index is 10.9. The maximum Gasteiger partial charge on any atom is 0.251 e. The fourth-order valence-corrected chi connectivity index (χ4v) is 1.88. The zero-order valence-electron chi connectivity index (χ0n) is 8.72. The minimum absolute atomic E-state index is 0.255. The first-order valence-electron chi connectivity index (χ1n) is 5.12. The molecule has 1 aliphatic heterocycles. The van der Waals surface area contributed by atoms with Crippen LogP contribution in [0.1, 0.15) is 36.2 Å². The summed E-state index contributed by atoms with van der Waals surface area (Å²) >= 11 is 0. The summed E-state index contributed by atoms with van der Waals surface area (Å²) in [5.41, 5.74) is 5.63. The van der Waals surface area contributed by atoms with Crippen molar-refractivity contribution in [3.63, 3.8) is 0 Å². The van der Waals surface area contributed by atoms with Crippen molar-refractivity contribution in [1.29, 1.82) is 0 Å². The Morgan fingerprint density at radius 1 is 1.73 bits per heavy atom. The highest BCUT2D eigenvalue weighted by Gasteiger charge is 2.21. The lowest BCUT2D eigenvalue weighted by molar-refractivity contribution is 0.00350. The Balaban J connectivity index is 2.11. The van der Waals surface area contributed by atoms with Gasteiger partial charge in [0.15, 0.2) is 0 Å². The highest BCUT2D eigenvalue weighted by Crippen LogP contribution is 2.24. The molecule has 0 radical (unpaired) electrons. The third-order valence-electron chi connectivity index (χ3n) is 2.72. The van der Waals surface area contributed by atoms with Crippen molar-refractivity contribution in [2.24, 2.45) is 5.73 Å². The van der Waals surface area contributed by atoms with Gasteiger partial charge in [0.2, 0.25) is 0 Å². The number of hydrogen-bond donors (Lipinski definition) is 1. The van der Waals surface area contributed by atoms with Crippen LogP contribution in [-0.4, -0.2) is 28.4 Å². The molecule has 82 valence electrons. The van der Waals surface area contributed by atoms with Crippen LogP contribution in [-0.2, 0) is 4.74 Å². The second-order valence-corrected chi connectivity index (χ2v) is 3.93. The number of carbonyl (C=O) groups is 1. The molecule has 1 fully saturated rings. The zero-order chi connectivity index (χ0) is 10.8. The number of carbonyl (C=O) groups excluding carboxylic acids is 1. The third-order valence-corrected chi connectivity index (χ3v) is 2.72. The summed E-state index contributed by atoms with van der Waals surface area (Å²) < 4.78 is 7.27. The van der Waals surface area contributed by atoms with Crippen LogP contribution in [0.25, 0.3) is 0 Å². The molecule has 1 aromatic heterocycles. The SMILES string of the molecule is CC1CC(n2cc(C(N)=O)cn2)CCO1. The van der Waals surface area contributed by atoms with E-state index in [0.717, 1.165) is 19.4 Å². The van der Waals surface area contributed by atoms with Crippen molar-refractivity contribution < 1.29 is 9.53 Å². The van der Waals surface area contributed by atoms with E-state index in [1.54, 1.807) is 6.20 Å². The van der Waals surface area contributed by atoms with Crippen molar-refractivity contribution in [2.45, 2.75) is 31.9 Å². The molecule has 5 heteroatoms. The minimum Gasteiger partial charge on any atom is -0.378 e. The number of ether oxygens (including phenoxy) is 1. The fraction of sp³-hybridized carbons (Fsp3) is 0.600. The summed E-state index contributed by atoms with van der Waals surface area (Å²) in [6.07, 6.45) is 5.35. The van der Waals surface area contributed by atoms with Gasteiger partial charge < -0.3 is 10.5 Å². The van der Waals surface area contributed by atoms with Gasteiger partial charge in [0.05, 0.1) is 23.9 Å². The summed E-state index contributed by atoms with van der Waals surface area (Å²) in [5.74, 6) is -0.429. The molecular weight excluding hydrogens is 194 g/mol. The van der Waals surface area contributed by atoms with Crippen LogP contribution in [0.15, 0.2) is 12.4 Å². The molecule has 2 heterocycles. The normalized spacial score (nSPS) is 26.5. The molecule has 5 nitrogen and oxygen atoms in total. The van der Waals surface area contributed by atoms with Crippen LogP contribution in [0.3, 0.4) is 0 Å².